The lowest BCUT2D eigenvalue weighted by molar-refractivity contribution is -0.398. The molecule has 122 valence electrons. The molecule has 0 spiro atoms. The zero-order valence-corrected chi connectivity index (χ0v) is 10.3. The second-order valence-electron chi connectivity index (χ2n) is 4.47. The molecule has 0 saturated heterocycles. The van der Waals surface area contributed by atoms with Crippen LogP contribution in [-0.2, 0) is 0 Å². The third kappa shape index (κ3) is 3.68. The Labute approximate surface area is 108 Å². The van der Waals surface area contributed by atoms with Crippen LogP contribution in [0.2, 0.25) is 0 Å². The van der Waals surface area contributed by atoms with Crippen LogP contribution in [0.25, 0.3) is 0 Å². The lowest BCUT2D eigenvalue weighted by Crippen LogP contribution is -2.61. The Kier molecular flexibility index (Phi) is 5.39. The van der Waals surface area contributed by atoms with E-state index in [-0.39, 0.29) is 0 Å². The number of likely N-dealkylation sites (N-methyl/N-ethyl adjacent to an activating group) is 1. The maximum atomic E-state index is 13.0. The van der Waals surface area contributed by atoms with Gasteiger partial charge < -0.3 is 10.0 Å². The second kappa shape index (κ2) is 5.58. The Morgan fingerprint density at radius 2 is 1.25 bits per heavy atom. The highest BCUT2D eigenvalue weighted by atomic mass is 19.4. The van der Waals surface area contributed by atoms with E-state index in [1.54, 1.807) is 0 Å². The molecule has 0 aromatic carbocycles. The van der Waals surface area contributed by atoms with Crippen LogP contribution in [0.5, 0.6) is 0 Å². The van der Waals surface area contributed by atoms with E-state index in [1.807, 2.05) is 0 Å². The lowest BCUT2D eigenvalue weighted by Gasteiger charge is -2.34. The van der Waals surface area contributed by atoms with Crippen molar-refractivity contribution < 1.29 is 44.6 Å². The van der Waals surface area contributed by atoms with Crippen LogP contribution in [0.3, 0.4) is 0 Å². The normalized spacial score (nSPS) is 16.6. The summed E-state index contributed by atoms with van der Waals surface area (Å²) >= 11 is 0. The molecule has 0 aromatic rings. The smallest absolute Gasteiger partial charge is 0.392 e. The number of rotatable bonds is 6. The molecular weight excluding hydrogens is 309 g/mol. The number of hydrogen-bond donors (Lipinski definition) is 1. The van der Waals surface area contributed by atoms with E-state index in [2.05, 4.69) is 0 Å². The second-order valence-corrected chi connectivity index (χ2v) is 4.47. The summed E-state index contributed by atoms with van der Waals surface area (Å²) in [4.78, 5) is 1.07. The van der Waals surface area contributed by atoms with Gasteiger partial charge in [0, 0.05) is 13.0 Å². The highest BCUT2D eigenvalue weighted by Gasteiger charge is 2.81. The zero-order chi connectivity index (χ0) is 16.6. The fourth-order valence-electron chi connectivity index (χ4n) is 1.32. The molecule has 0 aliphatic carbocycles. The summed E-state index contributed by atoms with van der Waals surface area (Å²) in [6, 6.07) is 0. The molecular formula is C9H12F9NO. The Hall–Kier alpha value is -0.710. The molecule has 1 atom stereocenters. The Balaban J connectivity index is 5.26. The zero-order valence-electron chi connectivity index (χ0n) is 10.3. The van der Waals surface area contributed by atoms with Gasteiger partial charge in [0.05, 0.1) is 6.10 Å². The number of aliphatic hydroxyl groups excluding tert-OH is 1. The number of hydrogen-bond acceptors (Lipinski definition) is 2. The number of nitrogens with zero attached hydrogens (tertiary/aromatic N) is 1. The van der Waals surface area contributed by atoms with Crippen molar-refractivity contribution in [2.45, 2.75) is 36.5 Å². The van der Waals surface area contributed by atoms with Crippen LogP contribution < -0.4 is 0 Å². The molecule has 0 rings (SSSR count). The minimum absolute atomic E-state index is 0.608. The van der Waals surface area contributed by atoms with E-state index in [0.717, 1.165) is 4.90 Å². The predicted molar refractivity (Wildman–Crippen MR) is 50.1 cm³/mol. The third-order valence-electron chi connectivity index (χ3n) is 2.28. The molecule has 0 bridgehead atoms. The molecule has 0 radical (unpaired) electrons. The molecule has 1 N–H and O–H groups in total. The summed E-state index contributed by atoms with van der Waals surface area (Å²) in [5.74, 6) is -19.3. The maximum absolute atomic E-state index is 13.0. The monoisotopic (exact) mass is 321 g/mol. The minimum Gasteiger partial charge on any atom is -0.392 e. The van der Waals surface area contributed by atoms with Gasteiger partial charge in [-0.2, -0.15) is 39.5 Å². The Bertz CT molecular complexity index is 326. The molecule has 0 saturated carbocycles. The van der Waals surface area contributed by atoms with Crippen LogP contribution in [0, 0.1) is 0 Å². The van der Waals surface area contributed by atoms with E-state index < -0.39 is 43.0 Å². The van der Waals surface area contributed by atoms with Crippen molar-refractivity contribution in [3.8, 4) is 0 Å². The molecule has 2 nitrogen and oxygen atoms in total. The van der Waals surface area contributed by atoms with E-state index >= 15 is 0 Å². The summed E-state index contributed by atoms with van der Waals surface area (Å²) in [7, 11) is 2.51. The van der Waals surface area contributed by atoms with Crippen LogP contribution in [0.4, 0.5) is 39.5 Å². The first-order chi connectivity index (χ1) is 8.56. The highest BCUT2D eigenvalue weighted by molar-refractivity contribution is 5.01. The third-order valence-corrected chi connectivity index (χ3v) is 2.28. The van der Waals surface area contributed by atoms with Crippen LogP contribution in [0.1, 0.15) is 6.42 Å². The largest absolute Gasteiger partial charge is 0.460 e. The van der Waals surface area contributed by atoms with Crippen molar-refractivity contribution in [2.24, 2.45) is 0 Å². The number of halogens is 9. The fraction of sp³-hybridized carbons (Fsp3) is 1.00. The van der Waals surface area contributed by atoms with E-state index in [0.29, 0.717) is 0 Å². The van der Waals surface area contributed by atoms with Gasteiger partial charge in [-0.25, -0.2) is 0 Å². The SMILES string of the molecule is CN(C)CC(O)CC(F)(F)C(F)(F)C(F)(F)C(F)(F)F. The van der Waals surface area contributed by atoms with Gasteiger partial charge in [-0.3, -0.25) is 0 Å². The van der Waals surface area contributed by atoms with Crippen molar-refractivity contribution in [1.29, 1.82) is 0 Å². The topological polar surface area (TPSA) is 23.5 Å². The average Bonchev–Trinajstić information content (AvgIpc) is 2.12. The summed E-state index contributed by atoms with van der Waals surface area (Å²) in [6.45, 7) is -0.608. The van der Waals surface area contributed by atoms with E-state index in [4.69, 9.17) is 5.11 Å². The molecule has 0 fully saturated rings. The first kappa shape index (κ1) is 19.3. The van der Waals surface area contributed by atoms with Crippen molar-refractivity contribution in [3.63, 3.8) is 0 Å². The standard InChI is InChI=1S/C9H12F9NO/c1-19(2)4-5(20)3-6(10,11)7(12,13)8(14,15)9(16,17)18/h5,20H,3-4H2,1-2H3. The summed E-state index contributed by atoms with van der Waals surface area (Å²) in [5.41, 5.74) is 0. The van der Waals surface area contributed by atoms with Crippen molar-refractivity contribution in [2.75, 3.05) is 20.6 Å². The highest BCUT2D eigenvalue weighted by Crippen LogP contribution is 2.54. The van der Waals surface area contributed by atoms with Crippen molar-refractivity contribution in [1.82, 2.24) is 4.90 Å². The molecule has 20 heavy (non-hydrogen) atoms. The van der Waals surface area contributed by atoms with Crippen LogP contribution >= 0.6 is 0 Å². The van der Waals surface area contributed by atoms with E-state index in [9.17, 15) is 39.5 Å². The maximum Gasteiger partial charge on any atom is 0.460 e. The summed E-state index contributed by atoms with van der Waals surface area (Å²) in [6.07, 6.45) is -11.3. The van der Waals surface area contributed by atoms with Crippen molar-refractivity contribution >= 4 is 0 Å². The lowest BCUT2D eigenvalue weighted by atomic mass is 9.98. The molecule has 0 aliphatic heterocycles. The minimum atomic E-state index is -6.92. The van der Waals surface area contributed by atoms with Gasteiger partial charge in [-0.05, 0) is 14.1 Å². The van der Waals surface area contributed by atoms with Crippen LogP contribution in [0.15, 0.2) is 0 Å². The van der Waals surface area contributed by atoms with Gasteiger partial charge in [0.15, 0.2) is 0 Å². The van der Waals surface area contributed by atoms with E-state index in [1.165, 1.54) is 14.1 Å². The van der Waals surface area contributed by atoms with Crippen molar-refractivity contribution in [3.05, 3.63) is 0 Å². The first-order valence-corrected chi connectivity index (χ1v) is 5.09. The Morgan fingerprint density at radius 1 is 0.850 bits per heavy atom. The van der Waals surface area contributed by atoms with Crippen LogP contribution in [-0.4, -0.2) is 60.7 Å². The number of alkyl halides is 9. The molecule has 0 amide bonds. The predicted octanol–water partition coefficient (Wildman–Crippen LogP) is 2.77. The number of aliphatic hydroxyl groups is 1. The molecule has 11 heteroatoms. The van der Waals surface area contributed by atoms with Gasteiger partial charge in [0.1, 0.15) is 0 Å². The van der Waals surface area contributed by atoms with Gasteiger partial charge in [0.25, 0.3) is 0 Å². The first-order valence-electron chi connectivity index (χ1n) is 5.09. The van der Waals surface area contributed by atoms with Gasteiger partial charge in [0.2, 0.25) is 0 Å². The fourth-order valence-corrected chi connectivity index (χ4v) is 1.32. The molecule has 0 aromatic heterocycles. The molecule has 1 unspecified atom stereocenters. The van der Waals surface area contributed by atoms with Gasteiger partial charge in [-0.15, -0.1) is 0 Å². The Morgan fingerprint density at radius 3 is 1.55 bits per heavy atom. The van der Waals surface area contributed by atoms with Gasteiger partial charge >= 0.3 is 23.9 Å². The summed E-state index contributed by atoms with van der Waals surface area (Å²) in [5, 5.41) is 9.01. The average molecular weight is 321 g/mol. The molecule has 0 heterocycles. The van der Waals surface area contributed by atoms with Gasteiger partial charge in [-0.1, -0.05) is 0 Å². The quantitative estimate of drug-likeness (QED) is 0.761. The molecule has 0 aliphatic rings. The summed E-state index contributed by atoms with van der Waals surface area (Å²) < 4.78 is 112.